The molecule has 0 saturated carbocycles. The summed E-state index contributed by atoms with van der Waals surface area (Å²) in [5.74, 6) is 1.53. The lowest BCUT2D eigenvalue weighted by molar-refractivity contribution is -0.137. The number of aromatic nitrogens is 4. The van der Waals surface area contributed by atoms with Crippen LogP contribution in [0.15, 0.2) is 54.6 Å². The molecule has 2 aromatic carbocycles. The normalized spacial score (nSPS) is 15.3. The van der Waals surface area contributed by atoms with Gasteiger partial charge in [-0.15, -0.1) is 5.10 Å². The van der Waals surface area contributed by atoms with E-state index in [0.29, 0.717) is 34.3 Å². The van der Waals surface area contributed by atoms with E-state index in [1.807, 2.05) is 30.3 Å². The fourth-order valence-corrected chi connectivity index (χ4v) is 4.14. The minimum absolute atomic E-state index is 0.280. The minimum Gasteiger partial charge on any atom is -0.383 e. The minimum atomic E-state index is -4.41. The summed E-state index contributed by atoms with van der Waals surface area (Å²) in [6.07, 6.45) is -2.29. The maximum absolute atomic E-state index is 13.0. The van der Waals surface area contributed by atoms with Crippen LogP contribution in [0, 0.1) is 5.92 Å². The maximum Gasteiger partial charge on any atom is 0.416 e. The largest absolute Gasteiger partial charge is 0.416 e. The monoisotopic (exact) mass is 452 g/mol. The molecule has 0 radical (unpaired) electrons. The molecule has 0 unspecified atom stereocenters. The summed E-state index contributed by atoms with van der Waals surface area (Å²) in [6, 6.07) is 14.4. The third-order valence-corrected chi connectivity index (χ3v) is 6.11. The van der Waals surface area contributed by atoms with Crippen LogP contribution in [0.1, 0.15) is 25.3 Å². The Morgan fingerprint density at radius 3 is 2.24 bits per heavy atom. The summed E-state index contributed by atoms with van der Waals surface area (Å²) in [6.45, 7) is 3.95. The smallest absolute Gasteiger partial charge is 0.383 e. The molecule has 5 rings (SSSR count). The van der Waals surface area contributed by atoms with Crippen molar-refractivity contribution in [3.63, 3.8) is 0 Å². The second-order valence-electron chi connectivity index (χ2n) is 8.45. The fraction of sp³-hybridized carbons (Fsp3) is 0.292. The molecule has 9 heteroatoms. The van der Waals surface area contributed by atoms with Gasteiger partial charge in [-0.05, 0) is 43.0 Å². The van der Waals surface area contributed by atoms with Crippen molar-refractivity contribution in [2.75, 3.05) is 23.7 Å². The highest BCUT2D eigenvalue weighted by atomic mass is 19.4. The predicted molar refractivity (Wildman–Crippen MR) is 122 cm³/mol. The Kier molecular flexibility index (Phi) is 5.19. The molecule has 2 N–H and O–H groups in total. The molecule has 0 atom stereocenters. The number of alkyl halides is 3. The van der Waals surface area contributed by atoms with Gasteiger partial charge in [-0.2, -0.15) is 18.2 Å². The number of nitrogens with two attached hydrogens (primary N) is 1. The first-order valence-corrected chi connectivity index (χ1v) is 10.9. The molecule has 0 spiro atoms. The third kappa shape index (κ3) is 3.99. The second kappa shape index (κ2) is 8.06. The molecule has 1 saturated heterocycles. The van der Waals surface area contributed by atoms with E-state index in [4.69, 9.17) is 15.7 Å². The van der Waals surface area contributed by atoms with Crippen molar-refractivity contribution in [2.45, 2.75) is 25.9 Å². The Morgan fingerprint density at radius 2 is 1.61 bits per heavy atom. The zero-order valence-corrected chi connectivity index (χ0v) is 18.0. The lowest BCUT2D eigenvalue weighted by atomic mass is 9.99. The first kappa shape index (κ1) is 21.2. The SMILES string of the molecule is CC1CCN(c2nc(-c3ccccc3)c3c(N)n(-c4ccc(C(F)(F)F)cc4)nc3n2)CC1. The van der Waals surface area contributed by atoms with Gasteiger partial charge in [0.15, 0.2) is 5.65 Å². The van der Waals surface area contributed by atoms with E-state index in [2.05, 4.69) is 16.9 Å². The molecule has 0 aliphatic carbocycles. The fourth-order valence-electron chi connectivity index (χ4n) is 4.14. The van der Waals surface area contributed by atoms with Crippen LogP contribution in [0.2, 0.25) is 0 Å². The van der Waals surface area contributed by atoms with Gasteiger partial charge in [0.2, 0.25) is 5.95 Å². The average Bonchev–Trinajstić information content (AvgIpc) is 3.15. The Bertz CT molecular complexity index is 1270. The summed E-state index contributed by atoms with van der Waals surface area (Å²) in [5.41, 5.74) is 8.10. The molecule has 170 valence electrons. The van der Waals surface area contributed by atoms with Crippen LogP contribution in [0.25, 0.3) is 28.0 Å². The maximum atomic E-state index is 13.0. The molecule has 6 nitrogen and oxygen atoms in total. The summed E-state index contributed by atoms with van der Waals surface area (Å²) in [4.78, 5) is 11.7. The van der Waals surface area contributed by atoms with Crippen molar-refractivity contribution in [3.05, 3.63) is 60.2 Å². The zero-order chi connectivity index (χ0) is 23.2. The van der Waals surface area contributed by atoms with E-state index >= 15 is 0 Å². The van der Waals surface area contributed by atoms with Crippen molar-refractivity contribution in [2.24, 2.45) is 5.92 Å². The molecular weight excluding hydrogens is 429 g/mol. The Morgan fingerprint density at radius 1 is 0.939 bits per heavy atom. The lowest BCUT2D eigenvalue weighted by Crippen LogP contribution is -2.34. The summed E-state index contributed by atoms with van der Waals surface area (Å²) in [5, 5.41) is 5.14. The van der Waals surface area contributed by atoms with E-state index in [1.54, 1.807) is 0 Å². The van der Waals surface area contributed by atoms with Gasteiger partial charge in [0.25, 0.3) is 0 Å². The molecule has 2 aromatic heterocycles. The number of nitrogen functional groups attached to an aromatic ring is 1. The van der Waals surface area contributed by atoms with Crippen molar-refractivity contribution in [1.82, 2.24) is 19.7 Å². The number of fused-ring (bicyclic) bond motifs is 1. The van der Waals surface area contributed by atoms with E-state index in [9.17, 15) is 13.2 Å². The highest BCUT2D eigenvalue weighted by Crippen LogP contribution is 2.35. The molecular formula is C24H23F3N6. The molecule has 1 aliphatic rings. The van der Waals surface area contributed by atoms with Gasteiger partial charge >= 0.3 is 6.18 Å². The van der Waals surface area contributed by atoms with Crippen LogP contribution in [0.4, 0.5) is 24.9 Å². The number of halogens is 3. The number of hydrogen-bond donors (Lipinski definition) is 1. The highest BCUT2D eigenvalue weighted by molar-refractivity contribution is 5.99. The first-order chi connectivity index (χ1) is 15.8. The van der Waals surface area contributed by atoms with Crippen molar-refractivity contribution in [1.29, 1.82) is 0 Å². The quantitative estimate of drug-likeness (QED) is 0.456. The topological polar surface area (TPSA) is 72.9 Å². The highest BCUT2D eigenvalue weighted by Gasteiger charge is 2.30. The van der Waals surface area contributed by atoms with Crippen LogP contribution in [-0.4, -0.2) is 32.8 Å². The van der Waals surface area contributed by atoms with E-state index in [0.717, 1.165) is 43.6 Å². The molecule has 1 fully saturated rings. The average molecular weight is 452 g/mol. The van der Waals surface area contributed by atoms with Gasteiger partial charge in [0, 0.05) is 18.7 Å². The van der Waals surface area contributed by atoms with Gasteiger partial charge in [-0.3, -0.25) is 0 Å². The Labute approximate surface area is 188 Å². The number of hydrogen-bond acceptors (Lipinski definition) is 5. The van der Waals surface area contributed by atoms with E-state index < -0.39 is 11.7 Å². The molecule has 0 bridgehead atoms. The summed E-state index contributed by atoms with van der Waals surface area (Å²) in [7, 11) is 0. The molecule has 0 amide bonds. The number of nitrogens with zero attached hydrogens (tertiary/aromatic N) is 5. The van der Waals surface area contributed by atoms with Crippen LogP contribution in [-0.2, 0) is 6.18 Å². The summed E-state index contributed by atoms with van der Waals surface area (Å²) < 4.78 is 40.4. The Hall–Kier alpha value is -3.62. The number of anilines is 2. The standard InChI is InChI=1S/C24H23F3N6/c1-15-11-13-32(14-12-15)23-29-20(16-5-3-2-4-6-16)19-21(28)33(31-22(19)30-23)18-9-7-17(8-10-18)24(25,26)27/h2-10,15H,11-14,28H2,1H3. The van der Waals surface area contributed by atoms with E-state index in [-0.39, 0.29) is 5.82 Å². The Balaban J connectivity index is 1.65. The zero-order valence-electron chi connectivity index (χ0n) is 18.0. The van der Waals surface area contributed by atoms with Gasteiger partial charge in [-0.25, -0.2) is 9.67 Å². The van der Waals surface area contributed by atoms with Crippen LogP contribution >= 0.6 is 0 Å². The predicted octanol–water partition coefficient (Wildman–Crippen LogP) is 5.32. The summed E-state index contributed by atoms with van der Waals surface area (Å²) >= 11 is 0. The van der Waals surface area contributed by atoms with Crippen molar-refractivity contribution < 1.29 is 13.2 Å². The number of piperidine rings is 1. The molecule has 33 heavy (non-hydrogen) atoms. The second-order valence-corrected chi connectivity index (χ2v) is 8.45. The van der Waals surface area contributed by atoms with Gasteiger partial charge in [-0.1, -0.05) is 37.3 Å². The number of benzene rings is 2. The van der Waals surface area contributed by atoms with Crippen molar-refractivity contribution >= 4 is 22.8 Å². The van der Waals surface area contributed by atoms with Crippen molar-refractivity contribution in [3.8, 4) is 16.9 Å². The number of rotatable bonds is 3. The van der Waals surface area contributed by atoms with E-state index in [1.165, 1.54) is 16.8 Å². The molecule has 3 heterocycles. The third-order valence-electron chi connectivity index (χ3n) is 6.11. The molecule has 1 aliphatic heterocycles. The van der Waals surface area contributed by atoms with Crippen LogP contribution in [0.5, 0.6) is 0 Å². The first-order valence-electron chi connectivity index (χ1n) is 10.9. The van der Waals surface area contributed by atoms with Gasteiger partial charge in [0.1, 0.15) is 5.82 Å². The van der Waals surface area contributed by atoms with Crippen LogP contribution in [0.3, 0.4) is 0 Å². The lowest BCUT2D eigenvalue weighted by Gasteiger charge is -2.30. The van der Waals surface area contributed by atoms with Crippen LogP contribution < -0.4 is 10.6 Å². The van der Waals surface area contributed by atoms with Gasteiger partial charge < -0.3 is 10.6 Å². The molecule has 4 aromatic rings. The van der Waals surface area contributed by atoms with Gasteiger partial charge in [0.05, 0.1) is 22.3 Å².